The zero-order valence-corrected chi connectivity index (χ0v) is 11.5. The highest BCUT2D eigenvalue weighted by atomic mass is 16.5. The zero-order valence-electron chi connectivity index (χ0n) is 11.5. The van der Waals surface area contributed by atoms with Gasteiger partial charge in [0.2, 0.25) is 0 Å². The highest BCUT2D eigenvalue weighted by Crippen LogP contribution is 2.26. The van der Waals surface area contributed by atoms with Gasteiger partial charge >= 0.3 is 5.97 Å². The van der Waals surface area contributed by atoms with E-state index in [1.807, 2.05) is 37.3 Å². The van der Waals surface area contributed by atoms with Crippen LogP contribution in [0, 0.1) is 0 Å². The van der Waals surface area contributed by atoms with Gasteiger partial charge in [0.25, 0.3) is 0 Å². The van der Waals surface area contributed by atoms with Gasteiger partial charge in [-0.05, 0) is 38.1 Å². The lowest BCUT2D eigenvalue weighted by atomic mass is 9.96. The average molecular weight is 274 g/mol. The van der Waals surface area contributed by atoms with E-state index < -0.39 is 11.5 Å². The van der Waals surface area contributed by atoms with Crippen LogP contribution in [0.1, 0.15) is 20.3 Å². The Labute approximate surface area is 117 Å². The summed E-state index contributed by atoms with van der Waals surface area (Å²) in [7, 11) is 0. The Hall–Kier alpha value is -2.14. The van der Waals surface area contributed by atoms with Crippen LogP contribution in [0.5, 0.6) is 5.75 Å². The first-order valence-electron chi connectivity index (χ1n) is 6.43. The molecule has 2 atom stereocenters. The van der Waals surface area contributed by atoms with Crippen LogP contribution in [0.15, 0.2) is 36.5 Å². The van der Waals surface area contributed by atoms with E-state index in [0.717, 1.165) is 10.9 Å². The third kappa shape index (κ3) is 3.05. The minimum absolute atomic E-state index is 0.221. The first kappa shape index (κ1) is 14.3. The van der Waals surface area contributed by atoms with Gasteiger partial charge in [0.1, 0.15) is 11.3 Å². The number of carboxylic acid groups (broad SMARTS) is 1. The lowest BCUT2D eigenvalue weighted by Crippen LogP contribution is -2.47. The maximum atomic E-state index is 11.0. The Morgan fingerprint density at radius 3 is 2.90 bits per heavy atom. The molecule has 5 nitrogen and oxygen atoms in total. The van der Waals surface area contributed by atoms with Gasteiger partial charge in [0.15, 0.2) is 0 Å². The summed E-state index contributed by atoms with van der Waals surface area (Å²) in [6.45, 7) is 3.29. The fourth-order valence-corrected chi connectivity index (χ4v) is 2.12. The second-order valence-corrected chi connectivity index (χ2v) is 5.18. The van der Waals surface area contributed by atoms with Crippen molar-refractivity contribution in [2.75, 3.05) is 0 Å². The highest BCUT2D eigenvalue weighted by Gasteiger charge is 2.30. The number of aromatic nitrogens is 1. The molecule has 1 aromatic heterocycles. The maximum absolute atomic E-state index is 11.0. The largest absolute Gasteiger partial charge is 0.490 e. The standard InChI is InChI=1S/C15H18N2O3/c1-10(9-15(2,16)14(18)19)20-13-7-3-6-12-11(13)5-4-8-17-12/h3-8,10H,9,16H2,1-2H3,(H,18,19). The molecule has 3 N–H and O–H groups in total. The molecule has 0 radical (unpaired) electrons. The SMILES string of the molecule is CC(CC(C)(N)C(=O)O)Oc1cccc2ncccc12. The van der Waals surface area contributed by atoms with Crippen LogP contribution in [0.3, 0.4) is 0 Å². The summed E-state index contributed by atoms with van der Waals surface area (Å²) in [5, 5.41) is 9.94. The van der Waals surface area contributed by atoms with E-state index in [2.05, 4.69) is 4.98 Å². The van der Waals surface area contributed by atoms with E-state index in [9.17, 15) is 4.79 Å². The number of nitrogens with two attached hydrogens (primary N) is 1. The molecule has 2 rings (SSSR count). The van der Waals surface area contributed by atoms with Gasteiger partial charge in [-0.1, -0.05) is 6.07 Å². The number of aliphatic carboxylic acids is 1. The number of nitrogens with zero attached hydrogens (tertiary/aromatic N) is 1. The van der Waals surface area contributed by atoms with E-state index in [1.165, 1.54) is 6.92 Å². The number of carbonyl (C=O) groups is 1. The molecule has 1 heterocycles. The third-order valence-electron chi connectivity index (χ3n) is 3.13. The molecular weight excluding hydrogens is 256 g/mol. The quantitative estimate of drug-likeness (QED) is 0.873. The number of carboxylic acids is 1. The van der Waals surface area contributed by atoms with Crippen molar-refractivity contribution >= 4 is 16.9 Å². The number of benzene rings is 1. The van der Waals surface area contributed by atoms with E-state index in [1.54, 1.807) is 6.20 Å². The van der Waals surface area contributed by atoms with Crippen molar-refractivity contribution in [2.24, 2.45) is 5.73 Å². The molecule has 0 spiro atoms. The molecule has 0 amide bonds. The van der Waals surface area contributed by atoms with Crippen LogP contribution >= 0.6 is 0 Å². The minimum Gasteiger partial charge on any atom is -0.490 e. The van der Waals surface area contributed by atoms with Crippen LogP contribution in [-0.2, 0) is 4.79 Å². The second kappa shape index (κ2) is 5.46. The van der Waals surface area contributed by atoms with Gasteiger partial charge < -0.3 is 15.6 Å². The van der Waals surface area contributed by atoms with Crippen LogP contribution in [0.4, 0.5) is 0 Å². The molecule has 1 aromatic carbocycles. The number of rotatable bonds is 5. The summed E-state index contributed by atoms with van der Waals surface area (Å²) in [5.74, 6) is -0.350. The average Bonchev–Trinajstić information content (AvgIpc) is 2.38. The molecule has 2 unspecified atom stereocenters. The number of fused-ring (bicyclic) bond motifs is 1. The number of pyridine rings is 1. The topological polar surface area (TPSA) is 85.4 Å². The maximum Gasteiger partial charge on any atom is 0.323 e. The lowest BCUT2D eigenvalue weighted by molar-refractivity contribution is -0.143. The van der Waals surface area contributed by atoms with Crippen molar-refractivity contribution in [1.29, 1.82) is 0 Å². The Balaban J connectivity index is 2.18. The number of hydrogen-bond donors (Lipinski definition) is 2. The smallest absolute Gasteiger partial charge is 0.323 e. The first-order chi connectivity index (χ1) is 9.40. The van der Waals surface area contributed by atoms with Gasteiger partial charge in [-0.25, -0.2) is 0 Å². The molecule has 0 saturated heterocycles. The molecule has 20 heavy (non-hydrogen) atoms. The summed E-state index contributed by atoms with van der Waals surface area (Å²) in [4.78, 5) is 15.3. The van der Waals surface area contributed by atoms with Gasteiger partial charge in [0, 0.05) is 18.0 Å². The molecule has 0 fully saturated rings. The fraction of sp³-hybridized carbons (Fsp3) is 0.333. The van der Waals surface area contributed by atoms with Crippen molar-refractivity contribution in [3.8, 4) is 5.75 Å². The molecule has 0 aliphatic carbocycles. The van der Waals surface area contributed by atoms with Crippen molar-refractivity contribution in [1.82, 2.24) is 4.98 Å². The predicted octanol–water partition coefficient (Wildman–Crippen LogP) is 2.19. The van der Waals surface area contributed by atoms with E-state index >= 15 is 0 Å². The summed E-state index contributed by atoms with van der Waals surface area (Å²) >= 11 is 0. The Bertz CT molecular complexity index is 620. The number of ether oxygens (including phenoxy) is 1. The second-order valence-electron chi connectivity index (χ2n) is 5.18. The van der Waals surface area contributed by atoms with Crippen molar-refractivity contribution in [3.05, 3.63) is 36.5 Å². The molecular formula is C15H18N2O3. The van der Waals surface area contributed by atoms with Gasteiger partial charge in [-0.3, -0.25) is 9.78 Å². The first-order valence-corrected chi connectivity index (χ1v) is 6.43. The van der Waals surface area contributed by atoms with Crippen LogP contribution < -0.4 is 10.5 Å². The molecule has 5 heteroatoms. The molecule has 0 aliphatic rings. The molecule has 0 saturated carbocycles. The Kier molecular flexibility index (Phi) is 3.90. The summed E-state index contributed by atoms with van der Waals surface area (Å²) < 4.78 is 5.83. The zero-order chi connectivity index (χ0) is 14.8. The van der Waals surface area contributed by atoms with Crippen LogP contribution in [0.25, 0.3) is 10.9 Å². The summed E-state index contributed by atoms with van der Waals surface area (Å²) in [6, 6.07) is 9.36. The summed E-state index contributed by atoms with van der Waals surface area (Å²) in [6.07, 6.45) is 1.63. The van der Waals surface area contributed by atoms with E-state index in [0.29, 0.717) is 5.75 Å². The molecule has 106 valence electrons. The van der Waals surface area contributed by atoms with Crippen LogP contribution in [-0.4, -0.2) is 27.7 Å². The number of hydrogen-bond acceptors (Lipinski definition) is 4. The molecule has 0 aliphatic heterocycles. The normalized spacial score (nSPS) is 15.6. The monoisotopic (exact) mass is 274 g/mol. The Morgan fingerprint density at radius 2 is 2.20 bits per heavy atom. The van der Waals surface area contributed by atoms with E-state index in [-0.39, 0.29) is 12.5 Å². The minimum atomic E-state index is -1.30. The highest BCUT2D eigenvalue weighted by molar-refractivity contribution is 5.84. The van der Waals surface area contributed by atoms with Crippen molar-refractivity contribution in [2.45, 2.75) is 31.9 Å². The van der Waals surface area contributed by atoms with E-state index in [4.69, 9.17) is 15.6 Å². The fourth-order valence-electron chi connectivity index (χ4n) is 2.12. The van der Waals surface area contributed by atoms with Crippen molar-refractivity contribution in [3.63, 3.8) is 0 Å². The Morgan fingerprint density at radius 1 is 1.45 bits per heavy atom. The van der Waals surface area contributed by atoms with Crippen molar-refractivity contribution < 1.29 is 14.6 Å². The van der Waals surface area contributed by atoms with Gasteiger partial charge in [-0.2, -0.15) is 0 Å². The summed E-state index contributed by atoms with van der Waals surface area (Å²) in [5.41, 5.74) is 5.27. The van der Waals surface area contributed by atoms with Gasteiger partial charge in [-0.15, -0.1) is 0 Å². The van der Waals surface area contributed by atoms with Crippen LogP contribution in [0.2, 0.25) is 0 Å². The molecule has 0 bridgehead atoms. The lowest BCUT2D eigenvalue weighted by Gasteiger charge is -2.24. The van der Waals surface area contributed by atoms with Gasteiger partial charge in [0.05, 0.1) is 11.6 Å². The third-order valence-corrected chi connectivity index (χ3v) is 3.13. The predicted molar refractivity (Wildman–Crippen MR) is 76.7 cm³/mol. The molecule has 2 aromatic rings.